The van der Waals surface area contributed by atoms with Crippen molar-refractivity contribution in [1.82, 2.24) is 39.8 Å². The highest BCUT2D eigenvalue weighted by molar-refractivity contribution is 6.09. The van der Waals surface area contributed by atoms with Gasteiger partial charge >= 0.3 is 5.97 Å². The summed E-state index contributed by atoms with van der Waals surface area (Å²) in [7, 11) is 1.77. The van der Waals surface area contributed by atoms with Crippen LogP contribution in [0.5, 0.6) is 0 Å². The first-order valence-corrected chi connectivity index (χ1v) is 18.9. The Morgan fingerprint density at radius 2 is 1.73 bits per heavy atom. The summed E-state index contributed by atoms with van der Waals surface area (Å²) < 4.78 is 30.7. The number of halogens is 2. The van der Waals surface area contributed by atoms with E-state index in [2.05, 4.69) is 36.8 Å². The van der Waals surface area contributed by atoms with E-state index in [1.807, 2.05) is 27.7 Å². The van der Waals surface area contributed by atoms with Gasteiger partial charge in [-0.05, 0) is 55.9 Å². The summed E-state index contributed by atoms with van der Waals surface area (Å²) in [5.74, 6) is -0.156. The number of hydrogen-bond acceptors (Lipinski definition) is 10. The van der Waals surface area contributed by atoms with Crippen LogP contribution in [0.4, 0.5) is 20.4 Å². The van der Waals surface area contributed by atoms with Gasteiger partial charge in [0.15, 0.2) is 0 Å². The molecule has 2 saturated heterocycles. The Bertz CT molecular complexity index is 1960. The first-order chi connectivity index (χ1) is 26.4. The monoisotopic (exact) mass is 757 g/mol. The number of allylic oxidation sites excluding steroid dienone is 1. The maximum atomic E-state index is 14.6. The predicted octanol–water partition coefficient (Wildman–Crippen LogP) is 4.14. The molecule has 55 heavy (non-hydrogen) atoms. The number of aromatic nitrogens is 4. The van der Waals surface area contributed by atoms with Gasteiger partial charge in [-0.25, -0.2) is 23.5 Å². The number of carboxylic acids is 1. The minimum absolute atomic E-state index is 0.0458. The van der Waals surface area contributed by atoms with E-state index in [0.29, 0.717) is 93.9 Å². The third kappa shape index (κ3) is 8.33. The molecule has 0 bridgehead atoms. The predicted molar refractivity (Wildman–Crippen MR) is 205 cm³/mol. The molecule has 7 rings (SSSR count). The number of amidine groups is 1. The van der Waals surface area contributed by atoms with E-state index >= 15 is 0 Å². The van der Waals surface area contributed by atoms with Gasteiger partial charge < -0.3 is 30.0 Å². The number of aryl methyl sites for hydroxylation is 2. The van der Waals surface area contributed by atoms with Crippen LogP contribution in [0.1, 0.15) is 60.5 Å². The molecule has 0 unspecified atom stereocenters. The number of benzene rings is 1. The van der Waals surface area contributed by atoms with Crippen LogP contribution in [0.3, 0.4) is 0 Å². The normalized spacial score (nSPS) is 18.5. The molecule has 292 valence electrons. The molecule has 6 heterocycles. The lowest BCUT2D eigenvalue weighted by atomic mass is 9.92. The molecule has 14 nitrogen and oxygen atoms in total. The summed E-state index contributed by atoms with van der Waals surface area (Å²) in [6, 6.07) is 3.57. The number of aromatic carboxylic acids is 1. The number of alkyl halides is 2. The van der Waals surface area contributed by atoms with E-state index < -0.39 is 12.4 Å². The van der Waals surface area contributed by atoms with Crippen molar-refractivity contribution in [3.05, 3.63) is 77.2 Å². The molecule has 2 fully saturated rings. The second-order valence-electron chi connectivity index (χ2n) is 14.9. The summed E-state index contributed by atoms with van der Waals surface area (Å²) in [5.41, 5.74) is 5.48. The molecule has 0 saturated carbocycles. The number of anilines is 2. The fraction of sp³-hybridized carbons (Fsp3) is 0.487. The summed E-state index contributed by atoms with van der Waals surface area (Å²) in [6.07, 6.45) is 7.10. The van der Waals surface area contributed by atoms with Crippen molar-refractivity contribution in [3.63, 3.8) is 0 Å². The van der Waals surface area contributed by atoms with Crippen LogP contribution >= 0.6 is 0 Å². The van der Waals surface area contributed by atoms with Crippen molar-refractivity contribution in [2.75, 3.05) is 75.2 Å². The van der Waals surface area contributed by atoms with Crippen LogP contribution in [-0.4, -0.2) is 129 Å². The standard InChI is InChI=1S/C39H49F2N11O3/c1-25(2)51-12-8-33(32(23-51)37(42)52-9-4-5-26-17-30(28-21-45-47(3)22-28)31(36(40)41)18-34(26)52)46-29-6-10-49(11-7-29)35(53)24-48-13-15-50(16-14-48)39-43-19-27(20-44-39)38(54)55/h17-22,29,36,42,46H,1,4-16,23-24H2,2-3H3,(H,54,55). The van der Waals surface area contributed by atoms with Crippen molar-refractivity contribution in [3.8, 4) is 11.1 Å². The number of amides is 1. The smallest absolute Gasteiger partial charge is 0.338 e. The van der Waals surface area contributed by atoms with Gasteiger partial charge in [-0.15, -0.1) is 0 Å². The number of piperazine rings is 1. The van der Waals surface area contributed by atoms with Gasteiger partial charge in [-0.2, -0.15) is 5.10 Å². The average Bonchev–Trinajstić information content (AvgIpc) is 3.63. The Morgan fingerprint density at radius 1 is 1.00 bits per heavy atom. The van der Waals surface area contributed by atoms with Crippen LogP contribution in [0.2, 0.25) is 0 Å². The minimum Gasteiger partial charge on any atom is -0.478 e. The lowest BCUT2D eigenvalue weighted by molar-refractivity contribution is -0.133. The third-order valence-corrected chi connectivity index (χ3v) is 11.2. The van der Waals surface area contributed by atoms with Crippen LogP contribution in [0.25, 0.3) is 11.1 Å². The lowest BCUT2D eigenvalue weighted by Crippen LogP contribution is -2.52. The molecule has 4 aliphatic rings. The summed E-state index contributed by atoms with van der Waals surface area (Å²) in [6.45, 7) is 12.2. The molecule has 0 spiro atoms. The van der Waals surface area contributed by atoms with Crippen LogP contribution in [0.15, 0.2) is 60.5 Å². The van der Waals surface area contributed by atoms with Crippen LogP contribution in [0, 0.1) is 5.41 Å². The number of rotatable bonds is 10. The number of piperidine rings is 1. The molecule has 0 atom stereocenters. The zero-order valence-electron chi connectivity index (χ0n) is 31.5. The van der Waals surface area contributed by atoms with E-state index in [4.69, 9.17) is 5.11 Å². The topological polar surface area (TPSA) is 150 Å². The van der Waals surface area contributed by atoms with E-state index in [-0.39, 0.29) is 23.1 Å². The number of carbonyl (C=O) groups is 2. The summed E-state index contributed by atoms with van der Waals surface area (Å²) in [5, 5.41) is 26.6. The van der Waals surface area contributed by atoms with Crippen molar-refractivity contribution in [2.45, 2.75) is 51.5 Å². The van der Waals surface area contributed by atoms with Gasteiger partial charge in [0.05, 0.1) is 18.3 Å². The molecule has 4 aliphatic heterocycles. The molecule has 3 aromatic rings. The molecule has 3 N–H and O–H groups in total. The summed E-state index contributed by atoms with van der Waals surface area (Å²) in [4.78, 5) is 43.0. The third-order valence-electron chi connectivity index (χ3n) is 11.2. The van der Waals surface area contributed by atoms with E-state index in [1.165, 1.54) is 12.4 Å². The fourth-order valence-electron chi connectivity index (χ4n) is 8.01. The largest absolute Gasteiger partial charge is 0.478 e. The first kappa shape index (κ1) is 37.9. The Hall–Kier alpha value is -5.38. The molecule has 2 aromatic heterocycles. The van der Waals surface area contributed by atoms with E-state index in [1.54, 1.807) is 30.2 Å². The Labute approximate surface area is 319 Å². The zero-order valence-corrected chi connectivity index (χ0v) is 31.5. The van der Waals surface area contributed by atoms with Gasteiger partial charge in [-0.1, -0.05) is 6.58 Å². The van der Waals surface area contributed by atoms with Gasteiger partial charge in [0.25, 0.3) is 6.43 Å². The lowest BCUT2D eigenvalue weighted by Gasteiger charge is -2.40. The number of likely N-dealkylation sites (tertiary alicyclic amines) is 1. The highest BCUT2D eigenvalue weighted by Gasteiger charge is 2.32. The Balaban J connectivity index is 0.994. The van der Waals surface area contributed by atoms with Gasteiger partial charge in [0.2, 0.25) is 11.9 Å². The number of fused-ring (bicyclic) bond motifs is 1. The highest BCUT2D eigenvalue weighted by Crippen LogP contribution is 2.40. The minimum atomic E-state index is -2.68. The molecule has 1 amide bonds. The number of carbonyl (C=O) groups excluding carboxylic acids is 1. The molecule has 0 aliphatic carbocycles. The molecular formula is C39H49F2N11O3. The average molecular weight is 758 g/mol. The second-order valence-corrected chi connectivity index (χ2v) is 14.9. The highest BCUT2D eigenvalue weighted by atomic mass is 19.3. The van der Waals surface area contributed by atoms with Crippen molar-refractivity contribution in [2.24, 2.45) is 7.05 Å². The maximum absolute atomic E-state index is 14.6. The SMILES string of the molecule is C=C(C)N1CCC(NC2CCN(C(=O)CN3CCN(c4ncc(C(=O)O)cn4)CC3)CC2)=C(C(=N)N2CCCc3cc(-c4cnn(C)c4)c(C(F)F)cc32)C1. The molecule has 1 aromatic carbocycles. The first-order valence-electron chi connectivity index (χ1n) is 18.9. The molecule has 16 heteroatoms. The molecular weight excluding hydrogens is 708 g/mol. The van der Waals surface area contributed by atoms with Gasteiger partial charge in [0, 0.05) is 131 Å². The zero-order chi connectivity index (χ0) is 38.8. The van der Waals surface area contributed by atoms with E-state index in [0.717, 1.165) is 54.8 Å². The fourth-order valence-corrected chi connectivity index (χ4v) is 8.01. The van der Waals surface area contributed by atoms with E-state index in [9.17, 15) is 23.8 Å². The van der Waals surface area contributed by atoms with Gasteiger partial charge in [0.1, 0.15) is 5.84 Å². The van der Waals surface area contributed by atoms with Crippen molar-refractivity contribution in [1.29, 1.82) is 5.41 Å². The van der Waals surface area contributed by atoms with Crippen LogP contribution in [-0.2, 0) is 18.3 Å². The van der Waals surface area contributed by atoms with Crippen molar-refractivity contribution >= 4 is 29.3 Å². The number of carboxylic acid groups (broad SMARTS) is 1. The quantitative estimate of drug-likeness (QED) is 0.202. The maximum Gasteiger partial charge on any atom is 0.338 e. The number of hydrogen-bond donors (Lipinski definition) is 3. The second kappa shape index (κ2) is 16.2. The number of nitrogens with zero attached hydrogens (tertiary/aromatic N) is 9. The summed E-state index contributed by atoms with van der Waals surface area (Å²) >= 11 is 0. The Morgan fingerprint density at radius 3 is 2.36 bits per heavy atom. The number of nitrogens with one attached hydrogen (secondary N) is 2. The van der Waals surface area contributed by atoms with Crippen LogP contribution < -0.4 is 15.1 Å². The molecule has 0 radical (unpaired) electrons. The van der Waals surface area contributed by atoms with Gasteiger partial charge in [-0.3, -0.25) is 19.8 Å². The van der Waals surface area contributed by atoms with Crippen molar-refractivity contribution < 1.29 is 23.5 Å². The Kier molecular flexibility index (Phi) is 11.1.